The molecule has 100 valence electrons. The number of benzene rings is 1. The monoisotopic (exact) mass is 269 g/mol. The molecule has 1 aromatic rings. The molecule has 0 bridgehead atoms. The number of hydrogen-bond acceptors (Lipinski definition) is 4. The Morgan fingerprint density at radius 2 is 2.28 bits per heavy atom. The number of thioether (sulfide) groups is 1. The van der Waals surface area contributed by atoms with E-state index in [1.807, 2.05) is 0 Å². The number of aromatic carboxylic acids is 1. The normalized spacial score (nSPS) is 11.9. The first-order valence-electron chi connectivity index (χ1n) is 5.72. The molecule has 0 radical (unpaired) electrons. The molecule has 18 heavy (non-hydrogen) atoms. The van der Waals surface area contributed by atoms with Crippen molar-refractivity contribution in [2.45, 2.75) is 6.92 Å². The van der Waals surface area contributed by atoms with E-state index in [1.54, 1.807) is 37.1 Å². The standard InChI is InChI=1S/C13H19NO3S/c1-9(8-18-3)7-14-12-6-10(17-2)4-5-11(12)13(15)16/h4-6,9,14H,7-8H2,1-3H3,(H,15,16). The van der Waals surface area contributed by atoms with Gasteiger partial charge in [0.05, 0.1) is 18.4 Å². The zero-order valence-corrected chi connectivity index (χ0v) is 11.7. The Hall–Kier alpha value is -1.36. The van der Waals surface area contributed by atoms with Crippen molar-refractivity contribution in [1.82, 2.24) is 0 Å². The van der Waals surface area contributed by atoms with Crippen LogP contribution in [-0.4, -0.2) is 36.7 Å². The quantitative estimate of drug-likeness (QED) is 0.797. The van der Waals surface area contributed by atoms with Crippen molar-refractivity contribution < 1.29 is 14.6 Å². The van der Waals surface area contributed by atoms with Gasteiger partial charge in [0.2, 0.25) is 0 Å². The number of hydrogen-bond donors (Lipinski definition) is 2. The number of carboxylic acid groups (broad SMARTS) is 1. The predicted octanol–water partition coefficient (Wildman–Crippen LogP) is 2.80. The molecule has 0 aliphatic rings. The Labute approximate surface area is 112 Å². The van der Waals surface area contributed by atoms with Gasteiger partial charge in [-0.05, 0) is 30.1 Å². The van der Waals surface area contributed by atoms with Gasteiger partial charge < -0.3 is 15.2 Å². The smallest absolute Gasteiger partial charge is 0.337 e. The van der Waals surface area contributed by atoms with Crippen LogP contribution in [0.4, 0.5) is 5.69 Å². The van der Waals surface area contributed by atoms with Crippen molar-refractivity contribution >= 4 is 23.4 Å². The number of carboxylic acids is 1. The van der Waals surface area contributed by atoms with Crippen LogP contribution in [0, 0.1) is 5.92 Å². The number of methoxy groups -OCH3 is 1. The summed E-state index contributed by atoms with van der Waals surface area (Å²) in [6, 6.07) is 4.93. The van der Waals surface area contributed by atoms with Gasteiger partial charge in [0.25, 0.3) is 0 Å². The van der Waals surface area contributed by atoms with E-state index in [0.29, 0.717) is 17.4 Å². The van der Waals surface area contributed by atoms with Crippen LogP contribution in [0.25, 0.3) is 0 Å². The van der Waals surface area contributed by atoms with E-state index in [-0.39, 0.29) is 5.56 Å². The molecular formula is C13H19NO3S. The van der Waals surface area contributed by atoms with Crippen molar-refractivity contribution in [1.29, 1.82) is 0 Å². The summed E-state index contributed by atoms with van der Waals surface area (Å²) in [6.07, 6.45) is 2.06. The molecule has 1 rings (SSSR count). The molecule has 0 aromatic heterocycles. The van der Waals surface area contributed by atoms with Crippen LogP contribution in [-0.2, 0) is 0 Å². The summed E-state index contributed by atoms with van der Waals surface area (Å²) >= 11 is 1.78. The van der Waals surface area contributed by atoms with Gasteiger partial charge in [0.1, 0.15) is 5.75 Å². The number of nitrogens with one attached hydrogen (secondary N) is 1. The van der Waals surface area contributed by atoms with Crippen LogP contribution in [0.5, 0.6) is 5.75 Å². The highest BCUT2D eigenvalue weighted by atomic mass is 32.2. The summed E-state index contributed by atoms with van der Waals surface area (Å²) in [6.45, 7) is 2.87. The van der Waals surface area contributed by atoms with Crippen molar-refractivity contribution in [3.05, 3.63) is 23.8 Å². The Kier molecular flexibility index (Phi) is 5.85. The van der Waals surface area contributed by atoms with E-state index < -0.39 is 5.97 Å². The maximum atomic E-state index is 11.1. The minimum absolute atomic E-state index is 0.271. The lowest BCUT2D eigenvalue weighted by molar-refractivity contribution is 0.0698. The molecule has 0 saturated heterocycles. The first kappa shape index (κ1) is 14.7. The van der Waals surface area contributed by atoms with E-state index in [2.05, 4.69) is 18.5 Å². The van der Waals surface area contributed by atoms with E-state index in [4.69, 9.17) is 9.84 Å². The fourth-order valence-electron chi connectivity index (χ4n) is 1.61. The lowest BCUT2D eigenvalue weighted by atomic mass is 10.1. The summed E-state index contributed by atoms with van der Waals surface area (Å²) in [4.78, 5) is 11.1. The number of anilines is 1. The third-order valence-corrected chi connectivity index (χ3v) is 3.45. The van der Waals surface area contributed by atoms with Crippen LogP contribution < -0.4 is 10.1 Å². The second-order valence-electron chi connectivity index (χ2n) is 4.16. The highest BCUT2D eigenvalue weighted by molar-refractivity contribution is 7.98. The molecule has 0 aliphatic heterocycles. The van der Waals surface area contributed by atoms with E-state index in [1.165, 1.54) is 0 Å². The van der Waals surface area contributed by atoms with Crippen LogP contribution in [0.3, 0.4) is 0 Å². The minimum Gasteiger partial charge on any atom is -0.497 e. The van der Waals surface area contributed by atoms with E-state index in [9.17, 15) is 4.79 Å². The number of carbonyl (C=O) groups is 1. The van der Waals surface area contributed by atoms with E-state index >= 15 is 0 Å². The molecule has 1 atom stereocenters. The molecule has 0 fully saturated rings. The van der Waals surface area contributed by atoms with Crippen molar-refractivity contribution in [2.75, 3.05) is 31.0 Å². The second kappa shape index (κ2) is 7.16. The van der Waals surface area contributed by atoms with Gasteiger partial charge in [-0.15, -0.1) is 0 Å². The molecule has 1 aromatic carbocycles. The van der Waals surface area contributed by atoms with Crippen LogP contribution in [0.1, 0.15) is 17.3 Å². The molecule has 1 unspecified atom stereocenters. The lowest BCUT2D eigenvalue weighted by Gasteiger charge is -2.15. The first-order valence-corrected chi connectivity index (χ1v) is 7.12. The maximum absolute atomic E-state index is 11.1. The molecule has 0 saturated carbocycles. The summed E-state index contributed by atoms with van der Waals surface area (Å²) < 4.78 is 5.11. The third-order valence-electron chi connectivity index (χ3n) is 2.55. The molecule has 4 nitrogen and oxygen atoms in total. The highest BCUT2D eigenvalue weighted by Gasteiger charge is 2.11. The fourth-order valence-corrected chi connectivity index (χ4v) is 2.30. The lowest BCUT2D eigenvalue weighted by Crippen LogP contribution is -2.15. The van der Waals surface area contributed by atoms with Crippen molar-refractivity contribution in [2.24, 2.45) is 5.92 Å². The number of rotatable bonds is 7. The zero-order valence-electron chi connectivity index (χ0n) is 10.9. The van der Waals surface area contributed by atoms with Gasteiger partial charge in [-0.3, -0.25) is 0 Å². The Balaban J connectivity index is 2.80. The Morgan fingerprint density at radius 1 is 1.56 bits per heavy atom. The average molecular weight is 269 g/mol. The summed E-state index contributed by atoms with van der Waals surface area (Å²) in [5, 5.41) is 12.3. The summed E-state index contributed by atoms with van der Waals surface area (Å²) in [5.41, 5.74) is 0.877. The van der Waals surface area contributed by atoms with Crippen molar-refractivity contribution in [3.8, 4) is 5.75 Å². The minimum atomic E-state index is -0.933. The SMILES string of the molecule is COc1ccc(C(=O)O)c(NCC(C)CSC)c1. The molecule has 0 spiro atoms. The van der Waals surface area contributed by atoms with Crippen LogP contribution in [0.15, 0.2) is 18.2 Å². The largest absolute Gasteiger partial charge is 0.497 e. The van der Waals surface area contributed by atoms with Gasteiger partial charge in [-0.25, -0.2) is 4.79 Å². The summed E-state index contributed by atoms with van der Waals surface area (Å²) in [7, 11) is 1.57. The predicted molar refractivity (Wildman–Crippen MR) is 76.0 cm³/mol. The number of ether oxygens (including phenoxy) is 1. The van der Waals surface area contributed by atoms with Crippen LogP contribution in [0.2, 0.25) is 0 Å². The fraction of sp³-hybridized carbons (Fsp3) is 0.462. The molecule has 0 aliphatic carbocycles. The molecule has 0 amide bonds. The highest BCUT2D eigenvalue weighted by Crippen LogP contribution is 2.23. The second-order valence-corrected chi connectivity index (χ2v) is 5.07. The van der Waals surface area contributed by atoms with Gasteiger partial charge >= 0.3 is 5.97 Å². The van der Waals surface area contributed by atoms with Crippen molar-refractivity contribution in [3.63, 3.8) is 0 Å². The average Bonchev–Trinajstić information content (AvgIpc) is 2.36. The van der Waals surface area contributed by atoms with Gasteiger partial charge in [-0.1, -0.05) is 6.92 Å². The zero-order chi connectivity index (χ0) is 13.5. The van der Waals surface area contributed by atoms with Gasteiger partial charge in [-0.2, -0.15) is 11.8 Å². The Bertz CT molecular complexity index is 409. The summed E-state index contributed by atoms with van der Waals surface area (Å²) in [5.74, 6) is 1.24. The van der Waals surface area contributed by atoms with Crippen LogP contribution >= 0.6 is 11.8 Å². The topological polar surface area (TPSA) is 58.6 Å². The molecule has 5 heteroatoms. The molecule has 2 N–H and O–H groups in total. The first-order chi connectivity index (χ1) is 8.58. The third kappa shape index (κ3) is 4.14. The molecule has 0 heterocycles. The van der Waals surface area contributed by atoms with E-state index in [0.717, 1.165) is 12.3 Å². The van der Waals surface area contributed by atoms with Gasteiger partial charge in [0, 0.05) is 12.6 Å². The Morgan fingerprint density at radius 3 is 2.83 bits per heavy atom. The van der Waals surface area contributed by atoms with Gasteiger partial charge in [0.15, 0.2) is 0 Å². The maximum Gasteiger partial charge on any atom is 0.337 e. The molecular weight excluding hydrogens is 250 g/mol.